The van der Waals surface area contributed by atoms with E-state index in [1.165, 1.54) is 0 Å². The van der Waals surface area contributed by atoms with Gasteiger partial charge in [-0.05, 0) is 24.1 Å². The lowest BCUT2D eigenvalue weighted by Gasteiger charge is -2.17. The topological polar surface area (TPSA) is 75.0 Å². The second kappa shape index (κ2) is 8.55. The number of ketones is 1. The summed E-state index contributed by atoms with van der Waals surface area (Å²) in [6, 6.07) is 24.7. The van der Waals surface area contributed by atoms with E-state index in [-0.39, 0.29) is 12.2 Å². The van der Waals surface area contributed by atoms with Gasteiger partial charge >= 0.3 is 5.97 Å². The van der Waals surface area contributed by atoms with Crippen molar-refractivity contribution in [2.75, 3.05) is 0 Å². The summed E-state index contributed by atoms with van der Waals surface area (Å²) in [6.07, 6.45) is 3.33. The number of esters is 1. The third kappa shape index (κ3) is 3.81. The summed E-state index contributed by atoms with van der Waals surface area (Å²) in [5, 5.41) is 1.91. The molecule has 0 radical (unpaired) electrons. The molecule has 2 N–H and O–H groups in total. The maximum atomic E-state index is 13.5. The van der Waals surface area contributed by atoms with Gasteiger partial charge in [-0.2, -0.15) is 0 Å². The van der Waals surface area contributed by atoms with Gasteiger partial charge in [-0.3, -0.25) is 9.59 Å². The van der Waals surface area contributed by atoms with Gasteiger partial charge in [0, 0.05) is 51.7 Å². The molecular weight excluding hydrogens is 400 g/mol. The normalized spacial score (nSPS) is 12.1. The molecule has 5 heteroatoms. The van der Waals surface area contributed by atoms with Crippen molar-refractivity contribution in [1.29, 1.82) is 0 Å². The number of aromatic amines is 2. The largest absolute Gasteiger partial charge is 0.449 e. The molecule has 0 aliphatic rings. The smallest absolute Gasteiger partial charge is 0.307 e. The zero-order valence-corrected chi connectivity index (χ0v) is 17.4. The number of Topliss-reactive ketones (excluding diaryl/α,β-unsaturated/α-hetero) is 1. The number of ether oxygens (including phenoxy) is 1. The average Bonchev–Trinajstić information content (AvgIpc) is 3.46. The van der Waals surface area contributed by atoms with Crippen LogP contribution in [0.2, 0.25) is 0 Å². The van der Waals surface area contributed by atoms with Crippen LogP contribution in [-0.4, -0.2) is 21.7 Å². The summed E-state index contributed by atoms with van der Waals surface area (Å²) in [5.74, 6) is -0.647. The molecule has 5 aromatic rings. The molecule has 1 atom stereocenters. The van der Waals surface area contributed by atoms with E-state index in [2.05, 4.69) is 9.97 Å². The van der Waals surface area contributed by atoms with Crippen LogP contribution in [0.15, 0.2) is 91.3 Å². The first kappa shape index (κ1) is 19.8. The van der Waals surface area contributed by atoms with Crippen LogP contribution in [0.4, 0.5) is 0 Å². The fourth-order valence-electron chi connectivity index (χ4n) is 4.08. The second-order valence-electron chi connectivity index (χ2n) is 7.75. The standard InChI is InChI=1S/C27H22N2O3/c30-25(15-14-19-16-28-23-12-6-4-10-20(19)23)32-27(18-8-2-1-3-9-18)26(31)22-17-29-24-13-7-5-11-21(22)24/h1-13,16-17,27-29H,14-15H2. The van der Waals surface area contributed by atoms with Crippen LogP contribution in [0, 0.1) is 0 Å². The van der Waals surface area contributed by atoms with E-state index < -0.39 is 12.1 Å². The van der Waals surface area contributed by atoms with Crippen LogP contribution in [0.25, 0.3) is 21.8 Å². The molecule has 0 bridgehead atoms. The van der Waals surface area contributed by atoms with Crippen LogP contribution in [0.5, 0.6) is 0 Å². The molecule has 158 valence electrons. The van der Waals surface area contributed by atoms with E-state index in [1.54, 1.807) is 6.20 Å². The van der Waals surface area contributed by atoms with Crippen LogP contribution < -0.4 is 0 Å². The maximum absolute atomic E-state index is 13.5. The Morgan fingerprint density at radius 3 is 2.16 bits per heavy atom. The Bertz CT molecular complexity index is 1400. The van der Waals surface area contributed by atoms with Gasteiger partial charge < -0.3 is 14.7 Å². The summed E-state index contributed by atoms with van der Waals surface area (Å²) in [5.41, 5.74) is 4.12. The van der Waals surface area contributed by atoms with E-state index in [4.69, 9.17) is 4.74 Å². The average molecular weight is 422 g/mol. The Labute approximate surface area is 185 Å². The molecule has 0 aliphatic heterocycles. The lowest BCUT2D eigenvalue weighted by atomic mass is 9.99. The number of carbonyl (C=O) groups is 2. The first-order chi connectivity index (χ1) is 15.7. The first-order valence-electron chi connectivity index (χ1n) is 10.6. The van der Waals surface area contributed by atoms with Gasteiger partial charge in [-0.25, -0.2) is 0 Å². The highest BCUT2D eigenvalue weighted by Gasteiger charge is 2.28. The molecule has 0 saturated heterocycles. The molecule has 32 heavy (non-hydrogen) atoms. The Kier molecular flexibility index (Phi) is 5.30. The van der Waals surface area contributed by atoms with E-state index in [9.17, 15) is 9.59 Å². The Balaban J connectivity index is 1.37. The van der Waals surface area contributed by atoms with Crippen molar-refractivity contribution in [3.05, 3.63) is 108 Å². The number of rotatable bonds is 7. The van der Waals surface area contributed by atoms with Crippen molar-refractivity contribution in [2.24, 2.45) is 0 Å². The molecule has 2 heterocycles. The van der Waals surface area contributed by atoms with E-state index in [0.29, 0.717) is 17.5 Å². The lowest BCUT2D eigenvalue weighted by molar-refractivity contribution is -0.147. The van der Waals surface area contributed by atoms with E-state index in [0.717, 1.165) is 27.4 Å². The molecule has 0 spiro atoms. The van der Waals surface area contributed by atoms with Crippen molar-refractivity contribution in [3.8, 4) is 0 Å². The minimum absolute atomic E-state index is 0.187. The molecule has 0 fully saturated rings. The number of nitrogens with one attached hydrogen (secondary N) is 2. The molecular formula is C27H22N2O3. The number of carbonyl (C=O) groups excluding carboxylic acids is 2. The molecule has 0 amide bonds. The monoisotopic (exact) mass is 422 g/mol. The van der Waals surface area contributed by atoms with Crippen LogP contribution >= 0.6 is 0 Å². The minimum Gasteiger partial charge on any atom is -0.449 e. The number of H-pyrrole nitrogens is 2. The summed E-state index contributed by atoms with van der Waals surface area (Å²) in [6.45, 7) is 0. The number of aryl methyl sites for hydroxylation is 1. The fourth-order valence-corrected chi connectivity index (χ4v) is 4.08. The summed E-state index contributed by atoms with van der Waals surface area (Å²) in [4.78, 5) is 32.6. The molecule has 3 aromatic carbocycles. The van der Waals surface area contributed by atoms with E-state index in [1.807, 2.05) is 85.1 Å². The van der Waals surface area contributed by atoms with Crippen molar-refractivity contribution in [2.45, 2.75) is 18.9 Å². The Hall–Kier alpha value is -4.12. The number of aromatic nitrogens is 2. The highest BCUT2D eigenvalue weighted by molar-refractivity contribution is 6.10. The predicted octanol–water partition coefficient (Wildman–Crippen LogP) is 5.75. The minimum atomic E-state index is -0.995. The zero-order valence-electron chi connectivity index (χ0n) is 17.4. The highest BCUT2D eigenvalue weighted by atomic mass is 16.5. The second-order valence-corrected chi connectivity index (χ2v) is 7.75. The summed E-state index contributed by atoms with van der Waals surface area (Å²) >= 11 is 0. The van der Waals surface area contributed by atoms with Gasteiger partial charge in [-0.15, -0.1) is 0 Å². The quantitative estimate of drug-likeness (QED) is 0.259. The SMILES string of the molecule is O=C(CCc1c[nH]c2ccccc12)OC(C(=O)c1c[nH]c2ccccc12)c1ccccc1. The van der Waals surface area contributed by atoms with Gasteiger partial charge in [0.1, 0.15) is 0 Å². The van der Waals surface area contributed by atoms with Gasteiger partial charge in [0.05, 0.1) is 0 Å². The third-order valence-electron chi connectivity index (χ3n) is 5.72. The van der Waals surface area contributed by atoms with Crippen LogP contribution in [-0.2, 0) is 16.0 Å². The first-order valence-corrected chi connectivity index (χ1v) is 10.6. The molecule has 0 saturated carbocycles. The van der Waals surface area contributed by atoms with Crippen molar-refractivity contribution < 1.29 is 14.3 Å². The number of benzene rings is 3. The molecule has 2 aromatic heterocycles. The van der Waals surface area contributed by atoms with Gasteiger partial charge in [0.15, 0.2) is 6.10 Å². The number of fused-ring (bicyclic) bond motifs is 2. The number of hydrogen-bond acceptors (Lipinski definition) is 3. The van der Waals surface area contributed by atoms with Gasteiger partial charge in [-0.1, -0.05) is 66.7 Å². The number of hydrogen-bond donors (Lipinski definition) is 2. The summed E-state index contributed by atoms with van der Waals surface area (Å²) < 4.78 is 5.77. The molecule has 5 rings (SSSR count). The molecule has 5 nitrogen and oxygen atoms in total. The zero-order chi connectivity index (χ0) is 21.9. The molecule has 1 unspecified atom stereocenters. The molecule has 0 aliphatic carbocycles. The van der Waals surface area contributed by atoms with E-state index >= 15 is 0 Å². The van der Waals surface area contributed by atoms with Gasteiger partial charge in [0.2, 0.25) is 5.78 Å². The van der Waals surface area contributed by atoms with Crippen molar-refractivity contribution >= 4 is 33.6 Å². The third-order valence-corrected chi connectivity index (χ3v) is 5.72. The Morgan fingerprint density at radius 1 is 0.750 bits per heavy atom. The summed E-state index contributed by atoms with van der Waals surface area (Å²) in [7, 11) is 0. The maximum Gasteiger partial charge on any atom is 0.307 e. The van der Waals surface area contributed by atoms with Crippen molar-refractivity contribution in [1.82, 2.24) is 9.97 Å². The number of para-hydroxylation sites is 2. The highest BCUT2D eigenvalue weighted by Crippen LogP contribution is 2.28. The van der Waals surface area contributed by atoms with Gasteiger partial charge in [0.25, 0.3) is 0 Å². The Morgan fingerprint density at radius 2 is 1.38 bits per heavy atom. The fraction of sp³-hybridized carbons (Fsp3) is 0.111. The van der Waals surface area contributed by atoms with Crippen LogP contribution in [0.3, 0.4) is 0 Å². The predicted molar refractivity (Wildman–Crippen MR) is 125 cm³/mol. The lowest BCUT2D eigenvalue weighted by Crippen LogP contribution is -2.20. The van der Waals surface area contributed by atoms with Crippen molar-refractivity contribution in [3.63, 3.8) is 0 Å². The van der Waals surface area contributed by atoms with Crippen LogP contribution in [0.1, 0.15) is 34.0 Å².